The van der Waals surface area contributed by atoms with Crippen molar-refractivity contribution >= 4 is 29.0 Å². The molecule has 1 saturated heterocycles. The highest BCUT2D eigenvalue weighted by molar-refractivity contribution is 7.10. The Morgan fingerprint density at radius 3 is 2.57 bits per heavy atom. The number of halogens is 3. The average Bonchev–Trinajstić information content (AvgIpc) is 2.95. The van der Waals surface area contributed by atoms with E-state index in [-0.39, 0.29) is 11.5 Å². The van der Waals surface area contributed by atoms with Crippen LogP contribution in [0.4, 0.5) is 8.78 Å². The van der Waals surface area contributed by atoms with Gasteiger partial charge >= 0.3 is 0 Å². The molecule has 0 radical (unpaired) electrons. The van der Waals surface area contributed by atoms with Crippen molar-refractivity contribution in [3.05, 3.63) is 45.4 Å². The second-order valence-corrected chi connectivity index (χ2v) is 6.55. The Kier molecular flexibility index (Phi) is 4.84. The second kappa shape index (κ2) is 6.86. The van der Waals surface area contributed by atoms with Crippen LogP contribution in [-0.2, 0) is 6.54 Å². The van der Waals surface area contributed by atoms with Gasteiger partial charge in [-0.05, 0) is 18.2 Å². The first-order chi connectivity index (χ1) is 11.0. The first kappa shape index (κ1) is 16.2. The van der Waals surface area contributed by atoms with E-state index in [1.165, 1.54) is 6.07 Å². The van der Waals surface area contributed by atoms with Gasteiger partial charge < -0.3 is 4.90 Å². The van der Waals surface area contributed by atoms with Crippen LogP contribution in [0.1, 0.15) is 16.1 Å². The fourth-order valence-electron chi connectivity index (χ4n) is 2.42. The Balaban J connectivity index is 1.59. The molecule has 0 aliphatic carbocycles. The van der Waals surface area contributed by atoms with E-state index in [0.29, 0.717) is 37.1 Å². The summed E-state index contributed by atoms with van der Waals surface area (Å²) in [4.78, 5) is 16.1. The predicted molar refractivity (Wildman–Crippen MR) is 82.5 cm³/mol. The van der Waals surface area contributed by atoms with Crippen molar-refractivity contribution < 1.29 is 13.6 Å². The number of nitrogens with zero attached hydrogens (tertiary/aromatic N) is 4. The zero-order chi connectivity index (χ0) is 16.4. The van der Waals surface area contributed by atoms with Gasteiger partial charge in [0.2, 0.25) is 0 Å². The Labute approximate surface area is 140 Å². The monoisotopic (exact) mass is 358 g/mol. The van der Waals surface area contributed by atoms with Crippen LogP contribution < -0.4 is 0 Å². The topological polar surface area (TPSA) is 49.3 Å². The molecule has 0 unspecified atom stereocenters. The maximum absolute atomic E-state index is 13.2. The van der Waals surface area contributed by atoms with Crippen molar-refractivity contribution in [3.63, 3.8) is 0 Å². The number of hydrogen-bond acceptors (Lipinski definition) is 5. The molecule has 0 N–H and O–H groups in total. The Hall–Kier alpha value is -1.64. The molecule has 1 amide bonds. The molecule has 1 aliphatic rings. The van der Waals surface area contributed by atoms with Gasteiger partial charge in [0, 0.05) is 49.8 Å². The fraction of sp³-hybridized carbons (Fsp3) is 0.357. The third-order valence-corrected chi connectivity index (χ3v) is 4.69. The lowest BCUT2D eigenvalue weighted by Crippen LogP contribution is -2.48. The molecule has 23 heavy (non-hydrogen) atoms. The molecule has 1 aromatic heterocycles. The first-order valence-corrected chi connectivity index (χ1v) is 8.13. The van der Waals surface area contributed by atoms with Crippen molar-refractivity contribution in [2.75, 3.05) is 26.2 Å². The summed E-state index contributed by atoms with van der Waals surface area (Å²) in [5, 5.41) is 3.97. The minimum Gasteiger partial charge on any atom is -0.336 e. The number of rotatable bonds is 3. The zero-order valence-corrected chi connectivity index (χ0v) is 13.6. The van der Waals surface area contributed by atoms with Crippen molar-refractivity contribution in [1.29, 1.82) is 0 Å². The summed E-state index contributed by atoms with van der Waals surface area (Å²) in [6, 6.07) is 3.20. The number of benzene rings is 1. The van der Waals surface area contributed by atoms with Crippen molar-refractivity contribution in [2.24, 2.45) is 0 Å². The van der Waals surface area contributed by atoms with Crippen molar-refractivity contribution in [1.82, 2.24) is 19.4 Å². The molecular formula is C14H13ClF2N4OS. The lowest BCUT2D eigenvalue weighted by atomic mass is 10.1. The average molecular weight is 359 g/mol. The van der Waals surface area contributed by atoms with E-state index in [2.05, 4.69) is 14.5 Å². The quantitative estimate of drug-likeness (QED) is 0.845. The summed E-state index contributed by atoms with van der Waals surface area (Å²) in [5.74, 6) is -2.27. The maximum atomic E-state index is 13.2. The van der Waals surface area contributed by atoms with Crippen LogP contribution in [0.5, 0.6) is 0 Å². The highest BCUT2D eigenvalue weighted by atomic mass is 35.5. The highest BCUT2D eigenvalue weighted by Crippen LogP contribution is 2.20. The molecule has 1 aliphatic heterocycles. The van der Waals surface area contributed by atoms with Gasteiger partial charge in [-0.25, -0.2) is 8.78 Å². The van der Waals surface area contributed by atoms with Gasteiger partial charge in [0.05, 0.1) is 0 Å². The number of hydrogen-bond donors (Lipinski definition) is 0. The van der Waals surface area contributed by atoms with Gasteiger partial charge in [-0.1, -0.05) is 16.1 Å². The second-order valence-electron chi connectivity index (χ2n) is 5.19. The van der Waals surface area contributed by atoms with Gasteiger partial charge in [-0.3, -0.25) is 9.69 Å². The molecule has 122 valence electrons. The molecule has 0 saturated carbocycles. The first-order valence-electron chi connectivity index (χ1n) is 6.98. The minimum atomic E-state index is -1.01. The van der Waals surface area contributed by atoms with E-state index in [1.54, 1.807) is 4.90 Å². The molecule has 1 aromatic carbocycles. The number of aromatic nitrogens is 2. The Morgan fingerprint density at radius 2 is 1.96 bits per heavy atom. The van der Waals surface area contributed by atoms with Gasteiger partial charge in [-0.2, -0.15) is 0 Å². The van der Waals surface area contributed by atoms with E-state index >= 15 is 0 Å². The van der Waals surface area contributed by atoms with Gasteiger partial charge in [0.15, 0.2) is 11.6 Å². The molecular weight excluding hydrogens is 346 g/mol. The maximum Gasteiger partial charge on any atom is 0.254 e. The van der Waals surface area contributed by atoms with Crippen LogP contribution in [0.3, 0.4) is 0 Å². The van der Waals surface area contributed by atoms with E-state index in [9.17, 15) is 13.6 Å². The molecule has 0 spiro atoms. The minimum absolute atomic E-state index is 0.157. The summed E-state index contributed by atoms with van der Waals surface area (Å²) in [6.07, 6.45) is 0. The fourth-order valence-corrected chi connectivity index (χ4v) is 3.04. The van der Waals surface area contributed by atoms with Crippen LogP contribution in [0, 0.1) is 11.6 Å². The van der Waals surface area contributed by atoms with Gasteiger partial charge in [0.25, 0.3) is 5.91 Å². The van der Waals surface area contributed by atoms with Gasteiger partial charge in [-0.15, -0.1) is 5.10 Å². The largest absolute Gasteiger partial charge is 0.336 e. The lowest BCUT2D eigenvalue weighted by molar-refractivity contribution is 0.0626. The van der Waals surface area contributed by atoms with E-state index in [1.807, 2.05) is 0 Å². The molecule has 1 fully saturated rings. The van der Waals surface area contributed by atoms with Crippen LogP contribution >= 0.6 is 23.1 Å². The molecule has 2 heterocycles. The third kappa shape index (κ3) is 3.65. The smallest absolute Gasteiger partial charge is 0.254 e. The van der Waals surface area contributed by atoms with E-state index in [4.69, 9.17) is 11.6 Å². The molecule has 2 aromatic rings. The van der Waals surface area contributed by atoms with Crippen LogP contribution in [0.15, 0.2) is 18.2 Å². The van der Waals surface area contributed by atoms with E-state index in [0.717, 1.165) is 29.4 Å². The van der Waals surface area contributed by atoms with Crippen molar-refractivity contribution in [3.8, 4) is 0 Å². The Morgan fingerprint density at radius 1 is 1.22 bits per heavy atom. The normalized spacial score (nSPS) is 15.9. The lowest BCUT2D eigenvalue weighted by Gasteiger charge is -2.34. The van der Waals surface area contributed by atoms with Crippen LogP contribution in [0.25, 0.3) is 0 Å². The SMILES string of the molecule is O=C(c1ccc(F)c(F)c1)N1CCN(Cc2nnsc2Cl)CC1. The van der Waals surface area contributed by atoms with Crippen LogP contribution in [0.2, 0.25) is 4.34 Å². The predicted octanol–water partition coefficient (Wildman–Crippen LogP) is 2.43. The number of piperazine rings is 1. The summed E-state index contributed by atoms with van der Waals surface area (Å²) >= 11 is 7.13. The van der Waals surface area contributed by atoms with E-state index < -0.39 is 11.6 Å². The van der Waals surface area contributed by atoms with Crippen LogP contribution in [-0.4, -0.2) is 51.5 Å². The van der Waals surface area contributed by atoms with Crippen molar-refractivity contribution in [2.45, 2.75) is 6.54 Å². The number of carbonyl (C=O) groups is 1. The number of amides is 1. The molecule has 3 rings (SSSR count). The van der Waals surface area contributed by atoms with Gasteiger partial charge in [0.1, 0.15) is 10.0 Å². The summed E-state index contributed by atoms with van der Waals surface area (Å²) in [7, 11) is 0. The zero-order valence-electron chi connectivity index (χ0n) is 12.0. The summed E-state index contributed by atoms with van der Waals surface area (Å²) in [6.45, 7) is 2.91. The summed E-state index contributed by atoms with van der Waals surface area (Å²) in [5.41, 5.74) is 0.890. The molecule has 5 nitrogen and oxygen atoms in total. The highest BCUT2D eigenvalue weighted by Gasteiger charge is 2.23. The Bertz CT molecular complexity index is 719. The molecule has 9 heteroatoms. The molecule has 0 bridgehead atoms. The summed E-state index contributed by atoms with van der Waals surface area (Å²) < 4.78 is 30.5. The standard InChI is InChI=1S/C14H13ClF2N4OS/c15-13-12(18-19-23-13)8-20-3-5-21(6-4-20)14(22)9-1-2-10(16)11(17)7-9/h1-2,7H,3-6,8H2. The third-order valence-electron chi connectivity index (χ3n) is 3.71. The molecule has 0 atom stereocenters. The number of carbonyl (C=O) groups excluding carboxylic acids is 1.